The molecule has 2 amide bonds. The standard InChI is InChI=1S/C24H29N3O4/c1-4-27(5-2)19-13-11-18(12-14-19)22-21(17(3)25-24(29)26-22)23(28)31-16-15-30-20-9-7-6-8-10-20/h6-14,21-22H,3-5,15-16H2,1-2H3,(H2,25,26,29)/t21-,22-/m1/s1. The van der Waals surface area contributed by atoms with Crippen LogP contribution in [0.2, 0.25) is 0 Å². The zero-order chi connectivity index (χ0) is 22.2. The molecule has 2 atom stereocenters. The molecule has 1 heterocycles. The normalized spacial score (nSPS) is 18.0. The molecule has 7 heteroatoms. The van der Waals surface area contributed by atoms with Gasteiger partial charge in [0.25, 0.3) is 0 Å². The number of nitrogens with zero attached hydrogens (tertiary/aromatic N) is 1. The van der Waals surface area contributed by atoms with Gasteiger partial charge in [-0.2, -0.15) is 0 Å². The summed E-state index contributed by atoms with van der Waals surface area (Å²) < 4.78 is 11.0. The van der Waals surface area contributed by atoms with Crippen molar-refractivity contribution in [3.05, 3.63) is 72.4 Å². The van der Waals surface area contributed by atoms with Gasteiger partial charge in [-0.05, 0) is 43.7 Å². The number of rotatable bonds is 9. The zero-order valence-corrected chi connectivity index (χ0v) is 18.0. The third kappa shape index (κ3) is 5.57. The van der Waals surface area contributed by atoms with Crippen LogP contribution in [0.25, 0.3) is 0 Å². The Balaban J connectivity index is 1.67. The zero-order valence-electron chi connectivity index (χ0n) is 18.0. The van der Waals surface area contributed by atoms with Crippen molar-refractivity contribution in [2.75, 3.05) is 31.2 Å². The van der Waals surface area contributed by atoms with E-state index >= 15 is 0 Å². The lowest BCUT2D eigenvalue weighted by Crippen LogP contribution is -2.51. The van der Waals surface area contributed by atoms with Crippen LogP contribution < -0.4 is 20.3 Å². The molecular weight excluding hydrogens is 394 g/mol. The largest absolute Gasteiger partial charge is 0.490 e. The van der Waals surface area contributed by atoms with Crippen LogP contribution in [0, 0.1) is 5.92 Å². The van der Waals surface area contributed by atoms with Crippen molar-refractivity contribution in [3.63, 3.8) is 0 Å². The number of hydrogen-bond donors (Lipinski definition) is 2. The highest BCUT2D eigenvalue weighted by molar-refractivity contribution is 5.85. The first-order valence-electron chi connectivity index (χ1n) is 10.5. The lowest BCUT2D eigenvalue weighted by atomic mass is 9.89. The van der Waals surface area contributed by atoms with E-state index in [4.69, 9.17) is 9.47 Å². The first-order valence-corrected chi connectivity index (χ1v) is 10.5. The number of para-hydroxylation sites is 1. The highest BCUT2D eigenvalue weighted by Crippen LogP contribution is 2.31. The van der Waals surface area contributed by atoms with Gasteiger partial charge in [0.2, 0.25) is 0 Å². The fourth-order valence-electron chi connectivity index (χ4n) is 3.63. The summed E-state index contributed by atoms with van der Waals surface area (Å²) in [4.78, 5) is 27.1. The van der Waals surface area contributed by atoms with Crippen LogP contribution in [0.3, 0.4) is 0 Å². The van der Waals surface area contributed by atoms with Crippen LogP contribution in [0.5, 0.6) is 5.75 Å². The number of nitrogens with one attached hydrogen (secondary N) is 2. The van der Waals surface area contributed by atoms with E-state index in [0.29, 0.717) is 11.4 Å². The molecule has 0 aromatic heterocycles. The molecule has 0 radical (unpaired) electrons. The van der Waals surface area contributed by atoms with E-state index in [9.17, 15) is 9.59 Å². The maximum atomic E-state index is 12.8. The lowest BCUT2D eigenvalue weighted by molar-refractivity contribution is -0.149. The third-order valence-corrected chi connectivity index (χ3v) is 5.24. The van der Waals surface area contributed by atoms with Gasteiger partial charge in [0.15, 0.2) is 0 Å². The summed E-state index contributed by atoms with van der Waals surface area (Å²) in [5.41, 5.74) is 2.22. The molecular formula is C24H29N3O4. The van der Waals surface area contributed by atoms with Crippen LogP contribution in [0.4, 0.5) is 10.5 Å². The molecule has 7 nitrogen and oxygen atoms in total. The monoisotopic (exact) mass is 423 g/mol. The Hall–Kier alpha value is -3.48. The number of hydrogen-bond acceptors (Lipinski definition) is 5. The predicted octanol–water partition coefficient (Wildman–Crippen LogP) is 3.64. The van der Waals surface area contributed by atoms with Crippen LogP contribution in [-0.4, -0.2) is 38.3 Å². The van der Waals surface area contributed by atoms with E-state index in [2.05, 4.69) is 36.0 Å². The molecule has 1 aliphatic rings. The number of ether oxygens (including phenoxy) is 2. The molecule has 2 aromatic rings. The Bertz CT molecular complexity index is 895. The molecule has 0 spiro atoms. The van der Waals surface area contributed by atoms with Gasteiger partial charge >= 0.3 is 12.0 Å². The molecule has 2 aromatic carbocycles. The molecule has 0 aliphatic carbocycles. The van der Waals surface area contributed by atoms with Gasteiger partial charge in [-0.1, -0.05) is 36.9 Å². The molecule has 0 unspecified atom stereocenters. The number of carbonyl (C=O) groups excluding carboxylic acids is 2. The van der Waals surface area contributed by atoms with Crippen LogP contribution in [0.15, 0.2) is 66.9 Å². The van der Waals surface area contributed by atoms with E-state index in [1.54, 1.807) is 0 Å². The Morgan fingerprint density at radius 1 is 1.03 bits per heavy atom. The fourth-order valence-corrected chi connectivity index (χ4v) is 3.63. The number of anilines is 1. The van der Waals surface area contributed by atoms with Gasteiger partial charge in [0.1, 0.15) is 24.9 Å². The van der Waals surface area contributed by atoms with E-state index in [1.165, 1.54) is 0 Å². The molecule has 1 fully saturated rings. The van der Waals surface area contributed by atoms with Gasteiger partial charge < -0.3 is 25.0 Å². The molecule has 3 rings (SSSR count). The van der Waals surface area contributed by atoms with Gasteiger partial charge in [-0.25, -0.2) is 4.79 Å². The maximum Gasteiger partial charge on any atom is 0.319 e. The molecule has 1 aliphatic heterocycles. The van der Waals surface area contributed by atoms with Crippen molar-refractivity contribution in [1.29, 1.82) is 0 Å². The number of benzene rings is 2. The maximum absolute atomic E-state index is 12.8. The van der Waals surface area contributed by atoms with E-state index in [1.807, 2.05) is 54.6 Å². The van der Waals surface area contributed by atoms with Crippen molar-refractivity contribution in [2.45, 2.75) is 19.9 Å². The second kappa shape index (κ2) is 10.5. The fraction of sp³-hybridized carbons (Fsp3) is 0.333. The topological polar surface area (TPSA) is 79.9 Å². The molecule has 2 N–H and O–H groups in total. The van der Waals surface area contributed by atoms with Gasteiger partial charge in [-0.15, -0.1) is 0 Å². The van der Waals surface area contributed by atoms with Crippen LogP contribution in [-0.2, 0) is 9.53 Å². The Kier molecular flexibility index (Phi) is 7.54. The van der Waals surface area contributed by atoms with Gasteiger partial charge in [0, 0.05) is 24.5 Å². The molecule has 0 bridgehead atoms. The summed E-state index contributed by atoms with van der Waals surface area (Å²) in [6.45, 7) is 10.2. The van der Waals surface area contributed by atoms with Crippen molar-refractivity contribution in [3.8, 4) is 5.75 Å². The second-order valence-corrected chi connectivity index (χ2v) is 7.17. The molecule has 31 heavy (non-hydrogen) atoms. The molecule has 0 saturated carbocycles. The highest BCUT2D eigenvalue weighted by Gasteiger charge is 2.38. The predicted molar refractivity (Wildman–Crippen MR) is 120 cm³/mol. The van der Waals surface area contributed by atoms with E-state index in [0.717, 1.165) is 24.3 Å². The minimum absolute atomic E-state index is 0.0963. The number of esters is 1. The second-order valence-electron chi connectivity index (χ2n) is 7.17. The number of carbonyl (C=O) groups is 2. The van der Waals surface area contributed by atoms with Gasteiger partial charge in [0.05, 0.1) is 6.04 Å². The van der Waals surface area contributed by atoms with E-state index < -0.39 is 17.9 Å². The SMILES string of the molecule is C=C1NC(=O)N[C@H](c2ccc(N(CC)CC)cc2)[C@@H]1C(=O)OCCOc1ccccc1. The van der Waals surface area contributed by atoms with Gasteiger partial charge in [-0.3, -0.25) is 4.79 Å². The minimum atomic E-state index is -0.742. The summed E-state index contributed by atoms with van der Waals surface area (Å²) in [6.07, 6.45) is 0. The third-order valence-electron chi connectivity index (χ3n) is 5.24. The molecule has 164 valence electrons. The highest BCUT2D eigenvalue weighted by atomic mass is 16.6. The average Bonchev–Trinajstić information content (AvgIpc) is 2.78. The van der Waals surface area contributed by atoms with Crippen molar-refractivity contribution >= 4 is 17.7 Å². The van der Waals surface area contributed by atoms with Crippen molar-refractivity contribution in [1.82, 2.24) is 10.6 Å². The Morgan fingerprint density at radius 2 is 1.71 bits per heavy atom. The smallest absolute Gasteiger partial charge is 0.319 e. The van der Waals surface area contributed by atoms with Crippen molar-refractivity contribution in [2.24, 2.45) is 5.92 Å². The Morgan fingerprint density at radius 3 is 2.35 bits per heavy atom. The number of amides is 2. The summed E-state index contributed by atoms with van der Waals surface area (Å²) in [5, 5.41) is 5.42. The first kappa shape index (κ1) is 22.2. The summed E-state index contributed by atoms with van der Waals surface area (Å²) in [5.74, 6) is -0.499. The first-order chi connectivity index (χ1) is 15.0. The van der Waals surface area contributed by atoms with E-state index in [-0.39, 0.29) is 19.2 Å². The summed E-state index contributed by atoms with van der Waals surface area (Å²) in [6, 6.07) is 16.2. The molecule has 1 saturated heterocycles. The lowest BCUT2D eigenvalue weighted by Gasteiger charge is -2.33. The summed E-state index contributed by atoms with van der Waals surface area (Å²) >= 11 is 0. The van der Waals surface area contributed by atoms with Crippen LogP contribution in [0.1, 0.15) is 25.5 Å². The quantitative estimate of drug-likeness (QED) is 0.476. The summed E-state index contributed by atoms with van der Waals surface area (Å²) in [7, 11) is 0. The Labute approximate surface area is 183 Å². The van der Waals surface area contributed by atoms with Crippen molar-refractivity contribution < 1.29 is 19.1 Å². The number of urea groups is 1. The van der Waals surface area contributed by atoms with Crippen LogP contribution >= 0.6 is 0 Å². The average molecular weight is 424 g/mol. The minimum Gasteiger partial charge on any atom is -0.490 e.